The lowest BCUT2D eigenvalue weighted by Crippen LogP contribution is -2.48. The number of nitrogens with zero attached hydrogens (tertiary/aromatic N) is 2. The monoisotopic (exact) mass is 416 g/mol. The van der Waals surface area contributed by atoms with Gasteiger partial charge in [0, 0.05) is 43.2 Å². The molecule has 156 valence electrons. The van der Waals surface area contributed by atoms with Crippen LogP contribution in [0, 0.1) is 0 Å². The molecule has 6 nitrogen and oxygen atoms in total. The minimum absolute atomic E-state index is 0.196. The summed E-state index contributed by atoms with van der Waals surface area (Å²) < 4.78 is 16.4. The molecule has 7 heteroatoms. The van der Waals surface area contributed by atoms with Crippen LogP contribution in [0.4, 0.5) is 0 Å². The third-order valence-corrected chi connectivity index (χ3v) is 6.01. The molecule has 1 heterocycles. The van der Waals surface area contributed by atoms with Crippen LogP contribution in [0.2, 0.25) is 0 Å². The van der Waals surface area contributed by atoms with Gasteiger partial charge in [0.25, 0.3) is 0 Å². The second-order valence-corrected chi connectivity index (χ2v) is 7.80. The van der Waals surface area contributed by atoms with Gasteiger partial charge in [0.2, 0.25) is 11.7 Å². The largest absolute Gasteiger partial charge is 0.493 e. The number of rotatable bonds is 8. The molecule has 2 aromatic rings. The molecular formula is C22H28N2O4S. The lowest BCUT2D eigenvalue weighted by atomic mass is 10.1. The molecular weight excluding hydrogens is 388 g/mol. The molecule has 1 saturated heterocycles. The van der Waals surface area contributed by atoms with Crippen LogP contribution in [-0.2, 0) is 11.3 Å². The number of hydrogen-bond donors (Lipinski definition) is 0. The fraction of sp³-hybridized carbons (Fsp3) is 0.409. The lowest BCUT2D eigenvalue weighted by molar-refractivity contribution is -0.130. The van der Waals surface area contributed by atoms with Crippen molar-refractivity contribution in [3.63, 3.8) is 0 Å². The van der Waals surface area contributed by atoms with Crippen molar-refractivity contribution in [2.75, 3.05) is 53.3 Å². The Morgan fingerprint density at radius 3 is 2.21 bits per heavy atom. The summed E-state index contributed by atoms with van der Waals surface area (Å²) in [7, 11) is 4.87. The topological polar surface area (TPSA) is 51.2 Å². The van der Waals surface area contributed by atoms with E-state index in [1.165, 1.54) is 0 Å². The summed E-state index contributed by atoms with van der Waals surface area (Å²) in [6.07, 6.45) is 0. The number of ether oxygens (including phenoxy) is 3. The van der Waals surface area contributed by atoms with Gasteiger partial charge in [0.1, 0.15) is 0 Å². The van der Waals surface area contributed by atoms with Crippen LogP contribution in [0.1, 0.15) is 5.56 Å². The van der Waals surface area contributed by atoms with Crippen LogP contribution in [-0.4, -0.2) is 69.0 Å². The van der Waals surface area contributed by atoms with Crippen molar-refractivity contribution in [2.24, 2.45) is 0 Å². The molecule has 1 aliphatic rings. The highest BCUT2D eigenvalue weighted by Crippen LogP contribution is 2.40. The molecule has 0 unspecified atom stereocenters. The van der Waals surface area contributed by atoms with E-state index in [0.717, 1.165) is 43.2 Å². The molecule has 1 aliphatic heterocycles. The third kappa shape index (κ3) is 5.36. The Kier molecular flexibility index (Phi) is 7.66. The summed E-state index contributed by atoms with van der Waals surface area (Å²) in [4.78, 5) is 17.9. The number of piperazine rings is 1. The standard InChI is InChI=1S/C22H28N2O4S/c1-26-19-10-9-17(21(27-2)22(19)28-3)15-23-11-13-24(14-12-23)20(25)16-29-18-7-5-4-6-8-18/h4-10H,11-16H2,1-3H3. The maximum absolute atomic E-state index is 12.5. The van der Waals surface area contributed by atoms with Crippen LogP contribution in [0.3, 0.4) is 0 Å². The molecule has 29 heavy (non-hydrogen) atoms. The van der Waals surface area contributed by atoms with E-state index in [0.29, 0.717) is 23.0 Å². The summed E-state index contributed by atoms with van der Waals surface area (Å²) in [5.74, 6) is 2.64. The molecule has 2 aromatic carbocycles. The highest BCUT2D eigenvalue weighted by Gasteiger charge is 2.23. The van der Waals surface area contributed by atoms with Crippen molar-refractivity contribution < 1.29 is 19.0 Å². The summed E-state index contributed by atoms with van der Waals surface area (Å²) in [6, 6.07) is 13.9. The second-order valence-electron chi connectivity index (χ2n) is 6.75. The number of methoxy groups -OCH3 is 3. The van der Waals surface area contributed by atoms with Crippen LogP contribution >= 0.6 is 11.8 Å². The Balaban J connectivity index is 1.54. The number of amides is 1. The molecule has 0 radical (unpaired) electrons. The molecule has 1 fully saturated rings. The molecule has 0 saturated carbocycles. The number of benzene rings is 2. The van der Waals surface area contributed by atoms with Crippen molar-refractivity contribution in [3.05, 3.63) is 48.0 Å². The normalized spacial score (nSPS) is 14.5. The van der Waals surface area contributed by atoms with Gasteiger partial charge < -0.3 is 19.1 Å². The van der Waals surface area contributed by atoms with E-state index in [9.17, 15) is 4.79 Å². The molecule has 0 N–H and O–H groups in total. The van der Waals surface area contributed by atoms with Gasteiger partial charge >= 0.3 is 0 Å². The summed E-state index contributed by atoms with van der Waals surface area (Å²) in [5.41, 5.74) is 1.05. The van der Waals surface area contributed by atoms with Crippen LogP contribution < -0.4 is 14.2 Å². The second kappa shape index (κ2) is 10.4. The summed E-state index contributed by atoms with van der Waals surface area (Å²) in [5, 5.41) is 0. The van der Waals surface area contributed by atoms with Gasteiger partial charge in [-0.05, 0) is 18.2 Å². The molecule has 0 aromatic heterocycles. The van der Waals surface area contributed by atoms with E-state index in [1.54, 1.807) is 33.1 Å². The quantitative estimate of drug-likeness (QED) is 0.616. The van der Waals surface area contributed by atoms with Gasteiger partial charge in [-0.2, -0.15) is 0 Å². The first-order valence-corrected chi connectivity index (χ1v) is 10.6. The smallest absolute Gasteiger partial charge is 0.233 e. The van der Waals surface area contributed by atoms with E-state index in [4.69, 9.17) is 14.2 Å². The minimum Gasteiger partial charge on any atom is -0.493 e. The number of thioether (sulfide) groups is 1. The maximum Gasteiger partial charge on any atom is 0.233 e. The van der Waals surface area contributed by atoms with Crippen LogP contribution in [0.15, 0.2) is 47.4 Å². The van der Waals surface area contributed by atoms with Crippen molar-refractivity contribution in [3.8, 4) is 17.2 Å². The fourth-order valence-electron chi connectivity index (χ4n) is 3.44. The Hall–Kier alpha value is -2.38. The van der Waals surface area contributed by atoms with Crippen LogP contribution in [0.5, 0.6) is 17.2 Å². The summed E-state index contributed by atoms with van der Waals surface area (Å²) >= 11 is 1.59. The molecule has 0 atom stereocenters. The molecule has 3 rings (SSSR count). The minimum atomic E-state index is 0.196. The molecule has 0 bridgehead atoms. The van der Waals surface area contributed by atoms with Gasteiger partial charge in [-0.15, -0.1) is 11.8 Å². The molecule has 0 spiro atoms. The van der Waals surface area contributed by atoms with E-state index < -0.39 is 0 Å². The Morgan fingerprint density at radius 1 is 0.897 bits per heavy atom. The first kappa shape index (κ1) is 21.3. The SMILES string of the molecule is COc1ccc(CN2CCN(C(=O)CSc3ccccc3)CC2)c(OC)c1OC. The van der Waals surface area contributed by atoms with Crippen molar-refractivity contribution >= 4 is 17.7 Å². The van der Waals surface area contributed by atoms with E-state index >= 15 is 0 Å². The highest BCUT2D eigenvalue weighted by atomic mass is 32.2. The molecule has 1 amide bonds. The number of carbonyl (C=O) groups is 1. The van der Waals surface area contributed by atoms with Gasteiger partial charge in [-0.1, -0.05) is 24.3 Å². The van der Waals surface area contributed by atoms with Gasteiger partial charge in [0.05, 0.1) is 27.1 Å². The van der Waals surface area contributed by atoms with E-state index in [1.807, 2.05) is 47.4 Å². The van der Waals surface area contributed by atoms with Crippen molar-refractivity contribution in [2.45, 2.75) is 11.4 Å². The van der Waals surface area contributed by atoms with Gasteiger partial charge in [-0.3, -0.25) is 9.69 Å². The van der Waals surface area contributed by atoms with Crippen LogP contribution in [0.25, 0.3) is 0 Å². The zero-order valence-electron chi connectivity index (χ0n) is 17.2. The zero-order valence-corrected chi connectivity index (χ0v) is 18.0. The Labute approximate surface area is 176 Å². The summed E-state index contributed by atoms with van der Waals surface area (Å²) in [6.45, 7) is 3.89. The highest BCUT2D eigenvalue weighted by molar-refractivity contribution is 8.00. The van der Waals surface area contributed by atoms with Crippen molar-refractivity contribution in [1.29, 1.82) is 0 Å². The number of hydrogen-bond acceptors (Lipinski definition) is 6. The fourth-order valence-corrected chi connectivity index (χ4v) is 4.26. The van der Waals surface area contributed by atoms with Crippen molar-refractivity contribution in [1.82, 2.24) is 9.80 Å². The first-order valence-electron chi connectivity index (χ1n) is 9.62. The predicted octanol–water partition coefficient (Wildman–Crippen LogP) is 3.15. The predicted molar refractivity (Wildman–Crippen MR) is 115 cm³/mol. The molecule has 0 aliphatic carbocycles. The van der Waals surface area contributed by atoms with Gasteiger partial charge in [-0.25, -0.2) is 0 Å². The lowest BCUT2D eigenvalue weighted by Gasteiger charge is -2.35. The maximum atomic E-state index is 12.5. The Morgan fingerprint density at radius 2 is 1.59 bits per heavy atom. The average molecular weight is 417 g/mol. The van der Waals surface area contributed by atoms with Gasteiger partial charge in [0.15, 0.2) is 11.5 Å². The zero-order chi connectivity index (χ0) is 20.6. The van der Waals surface area contributed by atoms with E-state index in [2.05, 4.69) is 4.90 Å². The average Bonchev–Trinajstić information content (AvgIpc) is 2.78. The first-order chi connectivity index (χ1) is 14.2. The number of carbonyl (C=O) groups excluding carboxylic acids is 1. The Bertz CT molecular complexity index is 808. The van der Waals surface area contributed by atoms with E-state index in [-0.39, 0.29) is 5.91 Å². The third-order valence-electron chi connectivity index (χ3n) is 5.01.